The van der Waals surface area contributed by atoms with Crippen molar-refractivity contribution < 1.29 is 14.3 Å². The Morgan fingerprint density at radius 3 is 2.58 bits per heavy atom. The van der Waals surface area contributed by atoms with Crippen LogP contribution in [0.5, 0.6) is 5.75 Å². The molecule has 0 spiro atoms. The lowest BCUT2D eigenvalue weighted by Crippen LogP contribution is -2.28. The number of carbonyl (C=O) groups is 2. The number of rotatable bonds is 7. The van der Waals surface area contributed by atoms with Crippen LogP contribution in [0, 0.1) is 6.92 Å². The number of thiocarbonyl (C=S) groups is 1. The Kier molecular flexibility index (Phi) is 7.22. The number of ether oxygens (including phenoxy) is 1. The molecule has 0 saturated carbocycles. The average molecular weight is 475 g/mol. The van der Waals surface area contributed by atoms with Gasteiger partial charge in [-0.1, -0.05) is 84.1 Å². The van der Waals surface area contributed by atoms with E-state index < -0.39 is 0 Å². The fourth-order valence-corrected chi connectivity index (χ4v) is 4.53. The number of amides is 2. The van der Waals surface area contributed by atoms with E-state index in [1.807, 2.05) is 73.7 Å². The molecule has 166 valence electrons. The third-order valence-electron chi connectivity index (χ3n) is 4.94. The Labute approximate surface area is 202 Å². The van der Waals surface area contributed by atoms with E-state index in [1.165, 1.54) is 11.8 Å². The van der Waals surface area contributed by atoms with E-state index in [1.54, 1.807) is 23.1 Å². The summed E-state index contributed by atoms with van der Waals surface area (Å²) in [5, 5.41) is 2.83. The van der Waals surface area contributed by atoms with E-state index >= 15 is 0 Å². The zero-order chi connectivity index (χ0) is 23.2. The molecule has 0 bridgehead atoms. The van der Waals surface area contributed by atoms with Gasteiger partial charge in [-0.3, -0.25) is 14.5 Å². The minimum atomic E-state index is -0.205. The first-order chi connectivity index (χ1) is 16.0. The van der Waals surface area contributed by atoms with Crippen LogP contribution in [0.4, 0.5) is 5.69 Å². The molecule has 3 aromatic rings. The molecule has 5 nitrogen and oxygen atoms in total. The normalized spacial score (nSPS) is 14.6. The molecule has 1 fully saturated rings. The van der Waals surface area contributed by atoms with Crippen molar-refractivity contribution in [3.05, 3.63) is 100 Å². The van der Waals surface area contributed by atoms with E-state index in [0.29, 0.717) is 21.5 Å². The highest BCUT2D eigenvalue weighted by molar-refractivity contribution is 8.27. The zero-order valence-corrected chi connectivity index (χ0v) is 19.6. The van der Waals surface area contributed by atoms with Crippen molar-refractivity contribution in [2.45, 2.75) is 13.5 Å². The van der Waals surface area contributed by atoms with Gasteiger partial charge >= 0.3 is 0 Å². The molecule has 0 unspecified atom stereocenters. The van der Waals surface area contributed by atoms with Crippen LogP contribution < -0.4 is 15.0 Å². The third-order valence-corrected chi connectivity index (χ3v) is 6.25. The fourth-order valence-electron chi connectivity index (χ4n) is 3.23. The lowest BCUT2D eigenvalue weighted by molar-refractivity contribution is -0.123. The molecule has 1 aliphatic heterocycles. The van der Waals surface area contributed by atoms with E-state index in [4.69, 9.17) is 17.0 Å². The molecular weight excluding hydrogens is 452 g/mol. The minimum Gasteiger partial charge on any atom is -0.484 e. The van der Waals surface area contributed by atoms with Gasteiger partial charge in [-0.05, 0) is 48.4 Å². The predicted molar refractivity (Wildman–Crippen MR) is 137 cm³/mol. The van der Waals surface area contributed by atoms with Crippen LogP contribution in [-0.4, -0.2) is 22.7 Å². The maximum atomic E-state index is 13.0. The van der Waals surface area contributed by atoms with Gasteiger partial charge in [0.2, 0.25) is 0 Å². The standard InChI is InChI=1S/C26H22N2O3S2/c1-18-10-12-21(13-11-18)28-25(30)23(33-26(28)32)15-20-8-5-9-22(14-20)31-17-24(29)27-16-19-6-3-2-4-7-19/h2-15H,16-17H2,1H3,(H,27,29)/b23-15-. The molecule has 4 rings (SSSR count). The quantitative estimate of drug-likeness (QED) is 0.382. The summed E-state index contributed by atoms with van der Waals surface area (Å²) in [4.78, 5) is 27.2. The van der Waals surface area contributed by atoms with E-state index in [2.05, 4.69) is 5.32 Å². The third kappa shape index (κ3) is 5.88. The summed E-state index contributed by atoms with van der Waals surface area (Å²) < 4.78 is 6.14. The van der Waals surface area contributed by atoms with Crippen molar-refractivity contribution in [1.82, 2.24) is 5.32 Å². The van der Waals surface area contributed by atoms with Gasteiger partial charge in [-0.25, -0.2) is 0 Å². The molecule has 3 aromatic carbocycles. The highest BCUT2D eigenvalue weighted by atomic mass is 32.2. The largest absolute Gasteiger partial charge is 0.484 e. The average Bonchev–Trinajstić information content (AvgIpc) is 3.10. The van der Waals surface area contributed by atoms with Crippen LogP contribution in [0.25, 0.3) is 6.08 Å². The van der Waals surface area contributed by atoms with Crippen LogP contribution in [0.2, 0.25) is 0 Å². The summed E-state index contributed by atoms with van der Waals surface area (Å²) in [6, 6.07) is 24.6. The Hall–Kier alpha value is -3.42. The van der Waals surface area contributed by atoms with Crippen LogP contribution in [-0.2, 0) is 16.1 Å². The Morgan fingerprint density at radius 2 is 1.82 bits per heavy atom. The first kappa shape index (κ1) is 22.8. The van der Waals surface area contributed by atoms with Gasteiger partial charge in [-0.2, -0.15) is 0 Å². The van der Waals surface area contributed by atoms with Gasteiger partial charge in [-0.15, -0.1) is 0 Å². The van der Waals surface area contributed by atoms with Gasteiger partial charge in [0.15, 0.2) is 10.9 Å². The number of hydrogen-bond acceptors (Lipinski definition) is 5. The molecule has 33 heavy (non-hydrogen) atoms. The van der Waals surface area contributed by atoms with Crippen molar-refractivity contribution in [1.29, 1.82) is 0 Å². The molecule has 1 saturated heterocycles. The topological polar surface area (TPSA) is 58.6 Å². The summed E-state index contributed by atoms with van der Waals surface area (Å²) in [6.07, 6.45) is 1.79. The van der Waals surface area contributed by atoms with Crippen LogP contribution in [0.3, 0.4) is 0 Å². The van der Waals surface area contributed by atoms with Gasteiger partial charge in [0.05, 0.1) is 10.6 Å². The number of benzene rings is 3. The van der Waals surface area contributed by atoms with Crippen LogP contribution in [0.1, 0.15) is 16.7 Å². The molecule has 1 N–H and O–H groups in total. The minimum absolute atomic E-state index is 0.0914. The molecule has 0 aliphatic carbocycles. The molecular formula is C26H22N2O3S2. The predicted octanol–water partition coefficient (Wildman–Crippen LogP) is 5.10. The molecule has 1 heterocycles. The lowest BCUT2D eigenvalue weighted by Gasteiger charge is -2.14. The summed E-state index contributed by atoms with van der Waals surface area (Å²) in [5.41, 5.74) is 3.69. The van der Waals surface area contributed by atoms with Crippen molar-refractivity contribution >= 4 is 51.9 Å². The van der Waals surface area contributed by atoms with Crippen molar-refractivity contribution in [2.75, 3.05) is 11.5 Å². The number of hydrogen-bond donors (Lipinski definition) is 1. The molecule has 7 heteroatoms. The van der Waals surface area contributed by atoms with Gasteiger partial charge in [0.25, 0.3) is 11.8 Å². The maximum Gasteiger partial charge on any atom is 0.270 e. The van der Waals surface area contributed by atoms with Crippen molar-refractivity contribution in [3.8, 4) is 5.75 Å². The van der Waals surface area contributed by atoms with Gasteiger partial charge < -0.3 is 10.1 Å². The molecule has 0 atom stereocenters. The SMILES string of the molecule is Cc1ccc(N2C(=O)/C(=C/c3cccc(OCC(=O)NCc4ccccc4)c3)SC2=S)cc1. The highest BCUT2D eigenvalue weighted by Crippen LogP contribution is 2.36. The van der Waals surface area contributed by atoms with Crippen molar-refractivity contribution in [2.24, 2.45) is 0 Å². The number of thioether (sulfide) groups is 1. The Morgan fingerprint density at radius 1 is 1.06 bits per heavy atom. The van der Waals surface area contributed by atoms with Crippen LogP contribution >= 0.6 is 24.0 Å². The first-order valence-corrected chi connectivity index (χ1v) is 11.6. The molecule has 0 radical (unpaired) electrons. The second-order valence-corrected chi connectivity index (χ2v) is 9.15. The number of carbonyl (C=O) groups excluding carboxylic acids is 2. The van der Waals surface area contributed by atoms with E-state index in [0.717, 1.165) is 22.4 Å². The Balaban J connectivity index is 1.38. The summed E-state index contributed by atoms with van der Waals surface area (Å²) >= 11 is 6.71. The number of nitrogens with one attached hydrogen (secondary N) is 1. The van der Waals surface area contributed by atoms with E-state index in [9.17, 15) is 9.59 Å². The number of aryl methyl sites for hydroxylation is 1. The van der Waals surface area contributed by atoms with Crippen LogP contribution in [0.15, 0.2) is 83.8 Å². The summed E-state index contributed by atoms with van der Waals surface area (Å²) in [5.74, 6) is 0.191. The van der Waals surface area contributed by atoms with E-state index in [-0.39, 0.29) is 18.4 Å². The smallest absolute Gasteiger partial charge is 0.270 e. The highest BCUT2D eigenvalue weighted by Gasteiger charge is 2.33. The monoisotopic (exact) mass is 474 g/mol. The zero-order valence-electron chi connectivity index (χ0n) is 18.0. The summed E-state index contributed by atoms with van der Waals surface area (Å²) in [7, 11) is 0. The lowest BCUT2D eigenvalue weighted by atomic mass is 10.2. The second kappa shape index (κ2) is 10.5. The van der Waals surface area contributed by atoms with Gasteiger partial charge in [0, 0.05) is 6.54 Å². The summed E-state index contributed by atoms with van der Waals surface area (Å²) in [6.45, 7) is 2.35. The number of anilines is 1. The molecule has 0 aromatic heterocycles. The molecule has 2 amide bonds. The maximum absolute atomic E-state index is 13.0. The Bertz CT molecular complexity index is 1210. The van der Waals surface area contributed by atoms with Crippen molar-refractivity contribution in [3.63, 3.8) is 0 Å². The first-order valence-electron chi connectivity index (χ1n) is 10.4. The number of nitrogens with zero attached hydrogens (tertiary/aromatic N) is 1. The van der Waals surface area contributed by atoms with Gasteiger partial charge in [0.1, 0.15) is 5.75 Å². The fraction of sp³-hybridized carbons (Fsp3) is 0.115. The molecule has 1 aliphatic rings. The second-order valence-electron chi connectivity index (χ2n) is 7.48.